The van der Waals surface area contributed by atoms with Gasteiger partial charge in [0.25, 0.3) is 0 Å². The van der Waals surface area contributed by atoms with E-state index in [2.05, 4.69) is 15.6 Å². The summed E-state index contributed by atoms with van der Waals surface area (Å²) in [7, 11) is 0.0664. The zero-order valence-electron chi connectivity index (χ0n) is 20.3. The molecule has 10 nitrogen and oxygen atoms in total. The molecule has 2 aromatic heterocycles. The second kappa shape index (κ2) is 10.7. The summed E-state index contributed by atoms with van der Waals surface area (Å²) in [6.07, 6.45) is 1.64. The first kappa shape index (κ1) is 26.5. The van der Waals surface area contributed by atoms with Crippen molar-refractivity contribution in [1.82, 2.24) is 20.3 Å². The smallest absolute Gasteiger partial charge is 0.245 e. The highest BCUT2D eigenvalue weighted by Gasteiger charge is 2.26. The van der Waals surface area contributed by atoms with Crippen LogP contribution >= 0.6 is 0 Å². The minimum Gasteiger partial charge on any atom is -0.458 e. The number of nitrogens with zero attached hydrogens (tertiary/aromatic N) is 4. The number of furan rings is 1. The number of amides is 1. The van der Waals surface area contributed by atoms with E-state index >= 15 is 0 Å². The summed E-state index contributed by atoms with van der Waals surface area (Å²) >= 11 is 0. The molecular formula is C23H32FN6O4S+. The van der Waals surface area contributed by atoms with Crippen LogP contribution in [0.5, 0.6) is 0 Å². The molecule has 1 unspecified atom stereocenters. The summed E-state index contributed by atoms with van der Waals surface area (Å²) < 4.78 is 43.4. The Labute approximate surface area is 204 Å². The molecule has 0 bridgehead atoms. The molecule has 1 atom stereocenters. The molecule has 0 aliphatic carbocycles. The molecule has 0 spiro atoms. The Morgan fingerprint density at radius 3 is 2.43 bits per heavy atom. The molecule has 0 saturated carbocycles. The number of alkyl halides is 1. The van der Waals surface area contributed by atoms with Gasteiger partial charge in [-0.2, -0.15) is 0 Å². The molecule has 3 rings (SSSR count). The van der Waals surface area contributed by atoms with Crippen molar-refractivity contribution < 1.29 is 26.5 Å². The van der Waals surface area contributed by atoms with Crippen LogP contribution in [0.3, 0.4) is 0 Å². The molecule has 2 heterocycles. The van der Waals surface area contributed by atoms with Gasteiger partial charge in [0, 0.05) is 5.56 Å². The maximum absolute atomic E-state index is 13.0. The van der Waals surface area contributed by atoms with Crippen LogP contribution in [0.25, 0.3) is 11.3 Å². The molecule has 190 valence electrons. The molecular weight excluding hydrogens is 475 g/mol. The number of nitrogens with one attached hydrogen (secondary N) is 1. The molecule has 0 radical (unpaired) electrons. The van der Waals surface area contributed by atoms with Crippen LogP contribution in [0, 0.1) is 5.92 Å². The molecule has 0 aliphatic rings. The second-order valence-corrected chi connectivity index (χ2v) is 11.0. The number of rotatable bonds is 11. The van der Waals surface area contributed by atoms with Crippen LogP contribution in [0.1, 0.15) is 31.4 Å². The Hall–Kier alpha value is -3.09. The van der Waals surface area contributed by atoms with Gasteiger partial charge in [-0.25, -0.2) is 22.6 Å². The van der Waals surface area contributed by atoms with Crippen molar-refractivity contribution in [3.8, 4) is 11.3 Å². The normalized spacial score (nSPS) is 13.2. The van der Waals surface area contributed by atoms with E-state index < -0.39 is 22.7 Å². The van der Waals surface area contributed by atoms with Crippen LogP contribution in [0.2, 0.25) is 0 Å². The number of sulfonamides is 1. The fourth-order valence-corrected chi connectivity index (χ4v) is 4.21. The van der Waals surface area contributed by atoms with Crippen LogP contribution < -0.4 is 10.5 Å². The van der Waals surface area contributed by atoms with Crippen LogP contribution in [0.15, 0.2) is 51.9 Å². The number of halogens is 1. The lowest BCUT2D eigenvalue weighted by atomic mass is 10.0. The number of hydrogen-bond donors (Lipinski definition) is 2. The zero-order chi connectivity index (χ0) is 25.8. The highest BCUT2D eigenvalue weighted by molar-refractivity contribution is 7.89. The third kappa shape index (κ3) is 6.96. The average molecular weight is 508 g/mol. The number of carbonyl (C=O) groups is 1. The van der Waals surface area contributed by atoms with Crippen molar-refractivity contribution in [2.75, 3.05) is 27.3 Å². The lowest BCUT2D eigenvalue weighted by Gasteiger charge is -2.27. The molecule has 0 saturated heterocycles. The van der Waals surface area contributed by atoms with Gasteiger partial charge in [-0.05, 0) is 30.2 Å². The molecule has 35 heavy (non-hydrogen) atoms. The minimum absolute atomic E-state index is 0.000850. The minimum atomic E-state index is -3.79. The number of aromatic nitrogens is 3. The van der Waals surface area contributed by atoms with Gasteiger partial charge in [0.2, 0.25) is 15.9 Å². The van der Waals surface area contributed by atoms with Gasteiger partial charge in [0.1, 0.15) is 37.3 Å². The van der Waals surface area contributed by atoms with Crippen molar-refractivity contribution in [2.45, 2.75) is 37.9 Å². The number of carbonyl (C=O) groups excluding carboxylic acids is 1. The lowest BCUT2D eigenvalue weighted by molar-refractivity contribution is -0.904. The Balaban J connectivity index is 1.67. The monoisotopic (exact) mass is 507 g/mol. The van der Waals surface area contributed by atoms with Crippen molar-refractivity contribution in [3.05, 3.63) is 54.1 Å². The van der Waals surface area contributed by atoms with Gasteiger partial charge in [0.15, 0.2) is 5.76 Å². The molecule has 12 heteroatoms. The lowest BCUT2D eigenvalue weighted by Crippen LogP contribution is -2.40. The van der Waals surface area contributed by atoms with Gasteiger partial charge in [0.05, 0.1) is 31.7 Å². The molecule has 3 N–H and O–H groups in total. The quantitative estimate of drug-likeness (QED) is 0.383. The number of quaternary nitrogens is 1. The first-order valence-electron chi connectivity index (χ1n) is 11.2. The Bertz CT molecular complexity index is 1250. The van der Waals surface area contributed by atoms with E-state index in [0.29, 0.717) is 34.6 Å². The summed E-state index contributed by atoms with van der Waals surface area (Å²) in [4.78, 5) is 13.0. The Kier molecular flexibility index (Phi) is 8.08. The van der Waals surface area contributed by atoms with Crippen molar-refractivity contribution in [1.29, 1.82) is 0 Å². The highest BCUT2D eigenvalue weighted by Crippen LogP contribution is 2.23. The van der Waals surface area contributed by atoms with Crippen LogP contribution in [0.4, 0.5) is 4.39 Å². The summed E-state index contributed by atoms with van der Waals surface area (Å²) in [6, 6.07) is 8.98. The first-order chi connectivity index (χ1) is 16.4. The van der Waals surface area contributed by atoms with Gasteiger partial charge in [-0.15, -0.1) is 5.10 Å². The largest absolute Gasteiger partial charge is 0.458 e. The maximum Gasteiger partial charge on any atom is 0.245 e. The summed E-state index contributed by atoms with van der Waals surface area (Å²) in [6.45, 7) is 4.55. The average Bonchev–Trinajstić information content (AvgIpc) is 3.41. The number of nitrogens with two attached hydrogens (primary N) is 1. The SMILES string of the molecule is CC(C)C(C(=O)NCc1ccc(C[N+](C)(C)CCF)o1)n1cc(-c2ccc(S(N)(=O)=O)cc2)nn1. The van der Waals surface area contributed by atoms with E-state index in [1.807, 2.05) is 34.0 Å². The van der Waals surface area contributed by atoms with Crippen LogP contribution in [-0.4, -0.2) is 61.1 Å². The summed E-state index contributed by atoms with van der Waals surface area (Å²) in [5.74, 6) is 1.00. The standard InChI is InChI=1S/C23H31FN6O4S/c1-16(2)22(23(31)26-13-18-7-8-19(34-18)15-30(3,4)12-11-24)29-14-21(27-28-29)17-5-9-20(10-6-17)35(25,32)33/h5-10,14,16,22H,11-13,15H2,1-4H3,(H2-,25,26,31,32,33)/p+1. The molecule has 0 aliphatic heterocycles. The maximum atomic E-state index is 13.0. The predicted octanol–water partition coefficient (Wildman–Crippen LogP) is 2.24. The van der Waals surface area contributed by atoms with Crippen LogP contribution in [-0.2, 0) is 27.9 Å². The topological polar surface area (TPSA) is 133 Å². The first-order valence-corrected chi connectivity index (χ1v) is 12.7. The fraction of sp³-hybridized carbons (Fsp3) is 0.435. The summed E-state index contributed by atoms with van der Waals surface area (Å²) in [5.41, 5.74) is 1.14. The van der Waals surface area contributed by atoms with Gasteiger partial charge < -0.3 is 14.2 Å². The second-order valence-electron chi connectivity index (χ2n) is 9.43. The van der Waals surface area contributed by atoms with Crippen molar-refractivity contribution >= 4 is 15.9 Å². The summed E-state index contributed by atoms with van der Waals surface area (Å²) in [5, 5.41) is 16.3. The van der Waals surface area contributed by atoms with E-state index in [1.54, 1.807) is 24.4 Å². The van der Waals surface area contributed by atoms with E-state index in [0.717, 1.165) is 5.76 Å². The van der Waals surface area contributed by atoms with Gasteiger partial charge in [-0.1, -0.05) is 31.2 Å². The van der Waals surface area contributed by atoms with E-state index in [4.69, 9.17) is 9.56 Å². The Morgan fingerprint density at radius 1 is 1.17 bits per heavy atom. The molecule has 0 fully saturated rings. The predicted molar refractivity (Wildman–Crippen MR) is 128 cm³/mol. The van der Waals surface area contributed by atoms with Gasteiger partial charge >= 0.3 is 0 Å². The number of primary sulfonamides is 1. The number of benzene rings is 1. The zero-order valence-corrected chi connectivity index (χ0v) is 21.1. The number of hydrogen-bond acceptors (Lipinski definition) is 6. The van der Waals surface area contributed by atoms with E-state index in [1.165, 1.54) is 16.8 Å². The fourth-order valence-electron chi connectivity index (χ4n) is 3.70. The molecule has 1 aromatic carbocycles. The van der Waals surface area contributed by atoms with Crippen molar-refractivity contribution in [2.24, 2.45) is 11.1 Å². The third-order valence-electron chi connectivity index (χ3n) is 5.60. The van der Waals surface area contributed by atoms with E-state index in [9.17, 15) is 17.6 Å². The highest BCUT2D eigenvalue weighted by atomic mass is 32.2. The Morgan fingerprint density at radius 2 is 1.83 bits per heavy atom. The molecule has 1 amide bonds. The van der Waals surface area contributed by atoms with Gasteiger partial charge in [-0.3, -0.25) is 4.79 Å². The third-order valence-corrected chi connectivity index (χ3v) is 6.53. The van der Waals surface area contributed by atoms with Crippen molar-refractivity contribution in [3.63, 3.8) is 0 Å². The molecule has 3 aromatic rings. The van der Waals surface area contributed by atoms with E-state index in [-0.39, 0.29) is 23.3 Å².